The van der Waals surface area contributed by atoms with Gasteiger partial charge in [-0.1, -0.05) is 20.3 Å². The Morgan fingerprint density at radius 3 is 2.56 bits per heavy atom. The van der Waals surface area contributed by atoms with Crippen LogP contribution in [0.2, 0.25) is 0 Å². The fourth-order valence-electron chi connectivity index (χ4n) is 3.35. The minimum absolute atomic E-state index is 0.182. The van der Waals surface area contributed by atoms with Crippen molar-refractivity contribution in [3.8, 4) is 0 Å². The molecule has 1 heterocycles. The van der Waals surface area contributed by atoms with Crippen LogP contribution in [0.5, 0.6) is 0 Å². The number of urea groups is 1. The van der Waals surface area contributed by atoms with Crippen LogP contribution in [-0.2, 0) is 0 Å². The van der Waals surface area contributed by atoms with Crippen molar-refractivity contribution in [2.24, 2.45) is 11.8 Å². The molecule has 0 radical (unpaired) electrons. The van der Waals surface area contributed by atoms with Gasteiger partial charge in [-0.2, -0.15) is 0 Å². The van der Waals surface area contributed by atoms with Gasteiger partial charge in [0.15, 0.2) is 0 Å². The molecule has 2 aliphatic rings. The van der Waals surface area contributed by atoms with Crippen LogP contribution in [0.15, 0.2) is 0 Å². The lowest BCUT2D eigenvalue weighted by Crippen LogP contribution is -2.49. The molecule has 1 saturated heterocycles. The summed E-state index contributed by atoms with van der Waals surface area (Å²) >= 11 is 0. The van der Waals surface area contributed by atoms with Crippen LogP contribution in [0.3, 0.4) is 0 Å². The van der Waals surface area contributed by atoms with E-state index in [0.29, 0.717) is 12.0 Å². The molecule has 0 spiro atoms. The summed E-state index contributed by atoms with van der Waals surface area (Å²) < 4.78 is 0. The van der Waals surface area contributed by atoms with Crippen LogP contribution in [0, 0.1) is 11.8 Å². The summed E-state index contributed by atoms with van der Waals surface area (Å²) in [6.07, 6.45) is 8.66. The summed E-state index contributed by atoms with van der Waals surface area (Å²) in [5, 5.41) is 3.24. The molecule has 1 N–H and O–H groups in total. The minimum atomic E-state index is 0.182. The van der Waals surface area contributed by atoms with Crippen molar-refractivity contribution in [2.45, 2.75) is 64.8 Å². The third kappa shape index (κ3) is 3.63. The number of likely N-dealkylation sites (tertiary alicyclic amines) is 1. The van der Waals surface area contributed by atoms with Crippen LogP contribution >= 0.6 is 0 Å². The van der Waals surface area contributed by atoms with Gasteiger partial charge in [-0.05, 0) is 50.4 Å². The number of piperidine rings is 1. The monoisotopic (exact) mass is 252 g/mol. The molecule has 0 aromatic carbocycles. The van der Waals surface area contributed by atoms with E-state index in [-0.39, 0.29) is 6.03 Å². The van der Waals surface area contributed by atoms with Gasteiger partial charge in [0.05, 0.1) is 0 Å². The molecule has 0 aromatic rings. The first-order valence-corrected chi connectivity index (χ1v) is 7.74. The molecule has 2 fully saturated rings. The summed E-state index contributed by atoms with van der Waals surface area (Å²) in [6, 6.07) is 0.610. The van der Waals surface area contributed by atoms with Crippen LogP contribution in [0.4, 0.5) is 4.79 Å². The smallest absolute Gasteiger partial charge is 0.317 e. The second-order valence-electron chi connectivity index (χ2n) is 6.27. The first kappa shape index (κ1) is 13.7. The van der Waals surface area contributed by atoms with E-state index < -0.39 is 0 Å². The normalized spacial score (nSPS) is 33.2. The number of nitrogens with one attached hydrogen (secondary N) is 1. The van der Waals surface area contributed by atoms with Crippen LogP contribution < -0.4 is 5.32 Å². The lowest BCUT2D eigenvalue weighted by atomic mass is 9.84. The average molecular weight is 252 g/mol. The SMILES string of the molecule is CCC1CCC(NC(=O)N2CCCC(C)C2)CC1. The highest BCUT2D eigenvalue weighted by Crippen LogP contribution is 2.26. The number of nitrogens with zero attached hydrogens (tertiary/aromatic N) is 1. The fraction of sp³-hybridized carbons (Fsp3) is 0.933. The van der Waals surface area contributed by atoms with E-state index >= 15 is 0 Å². The lowest BCUT2D eigenvalue weighted by Gasteiger charge is -2.34. The standard InChI is InChI=1S/C15H28N2O/c1-3-13-6-8-14(9-7-13)16-15(18)17-10-4-5-12(2)11-17/h12-14H,3-11H2,1-2H3,(H,16,18). The first-order chi connectivity index (χ1) is 8.69. The number of carbonyl (C=O) groups is 1. The maximum atomic E-state index is 12.2. The zero-order valence-corrected chi connectivity index (χ0v) is 12.0. The van der Waals surface area contributed by atoms with Crippen molar-refractivity contribution in [3.63, 3.8) is 0 Å². The summed E-state index contributed by atoms with van der Waals surface area (Å²) in [7, 11) is 0. The van der Waals surface area contributed by atoms with Gasteiger partial charge in [-0.25, -0.2) is 4.79 Å². The second-order valence-corrected chi connectivity index (χ2v) is 6.27. The summed E-state index contributed by atoms with van der Waals surface area (Å²) in [6.45, 7) is 6.40. The van der Waals surface area contributed by atoms with Gasteiger partial charge in [-0.3, -0.25) is 0 Å². The molecule has 0 aromatic heterocycles. The number of rotatable bonds is 2. The molecule has 1 aliphatic carbocycles. The largest absolute Gasteiger partial charge is 0.335 e. The van der Waals surface area contributed by atoms with E-state index in [0.717, 1.165) is 25.4 Å². The maximum absolute atomic E-state index is 12.2. The van der Waals surface area contributed by atoms with Crippen LogP contribution in [0.1, 0.15) is 58.8 Å². The predicted molar refractivity (Wildman–Crippen MR) is 74.5 cm³/mol. The Bertz CT molecular complexity index is 272. The number of carbonyl (C=O) groups excluding carboxylic acids is 1. The lowest BCUT2D eigenvalue weighted by molar-refractivity contribution is 0.161. The quantitative estimate of drug-likeness (QED) is 0.802. The Labute approximate surface area is 111 Å². The topological polar surface area (TPSA) is 32.3 Å². The number of hydrogen-bond acceptors (Lipinski definition) is 1. The molecule has 1 atom stereocenters. The van der Waals surface area contributed by atoms with Crippen molar-refractivity contribution in [1.82, 2.24) is 10.2 Å². The van der Waals surface area contributed by atoms with E-state index in [2.05, 4.69) is 19.2 Å². The van der Waals surface area contributed by atoms with Gasteiger partial charge < -0.3 is 10.2 Å². The van der Waals surface area contributed by atoms with Crippen molar-refractivity contribution < 1.29 is 4.79 Å². The van der Waals surface area contributed by atoms with Gasteiger partial charge in [-0.15, -0.1) is 0 Å². The molecule has 1 saturated carbocycles. The Morgan fingerprint density at radius 1 is 1.22 bits per heavy atom. The van der Waals surface area contributed by atoms with E-state index in [4.69, 9.17) is 0 Å². The van der Waals surface area contributed by atoms with Crippen molar-refractivity contribution >= 4 is 6.03 Å². The number of amides is 2. The summed E-state index contributed by atoms with van der Waals surface area (Å²) in [4.78, 5) is 14.2. The van der Waals surface area contributed by atoms with Crippen molar-refractivity contribution in [3.05, 3.63) is 0 Å². The third-order valence-corrected chi connectivity index (χ3v) is 4.70. The molecule has 3 heteroatoms. The minimum Gasteiger partial charge on any atom is -0.335 e. The highest BCUT2D eigenvalue weighted by molar-refractivity contribution is 5.74. The number of hydrogen-bond donors (Lipinski definition) is 1. The molecule has 18 heavy (non-hydrogen) atoms. The van der Waals surface area contributed by atoms with Crippen molar-refractivity contribution in [1.29, 1.82) is 0 Å². The summed E-state index contributed by atoms with van der Waals surface area (Å²) in [5.74, 6) is 1.56. The van der Waals surface area contributed by atoms with Crippen LogP contribution in [0.25, 0.3) is 0 Å². The molecule has 1 unspecified atom stereocenters. The van der Waals surface area contributed by atoms with E-state index in [1.54, 1.807) is 0 Å². The van der Waals surface area contributed by atoms with E-state index in [9.17, 15) is 4.79 Å². The third-order valence-electron chi connectivity index (χ3n) is 4.70. The maximum Gasteiger partial charge on any atom is 0.317 e. The molecule has 2 rings (SSSR count). The van der Waals surface area contributed by atoms with Gasteiger partial charge in [0.2, 0.25) is 0 Å². The van der Waals surface area contributed by atoms with E-state index in [1.165, 1.54) is 38.5 Å². The fourth-order valence-corrected chi connectivity index (χ4v) is 3.35. The molecule has 104 valence electrons. The van der Waals surface area contributed by atoms with Gasteiger partial charge >= 0.3 is 6.03 Å². The molecule has 2 amide bonds. The van der Waals surface area contributed by atoms with Gasteiger partial charge in [0, 0.05) is 19.1 Å². The first-order valence-electron chi connectivity index (χ1n) is 7.74. The Hall–Kier alpha value is -0.730. The molecule has 3 nitrogen and oxygen atoms in total. The predicted octanol–water partition coefficient (Wildman–Crippen LogP) is 3.40. The Morgan fingerprint density at radius 2 is 1.94 bits per heavy atom. The summed E-state index contributed by atoms with van der Waals surface area (Å²) in [5.41, 5.74) is 0. The highest BCUT2D eigenvalue weighted by atomic mass is 16.2. The molecular formula is C15H28N2O. The zero-order valence-electron chi connectivity index (χ0n) is 12.0. The van der Waals surface area contributed by atoms with E-state index in [1.807, 2.05) is 4.90 Å². The van der Waals surface area contributed by atoms with Crippen molar-refractivity contribution in [2.75, 3.05) is 13.1 Å². The highest BCUT2D eigenvalue weighted by Gasteiger charge is 2.25. The van der Waals surface area contributed by atoms with Crippen LogP contribution in [-0.4, -0.2) is 30.1 Å². The molecular weight excluding hydrogens is 224 g/mol. The zero-order chi connectivity index (χ0) is 13.0. The van der Waals surface area contributed by atoms with Gasteiger partial charge in [0.1, 0.15) is 0 Å². The molecule has 1 aliphatic heterocycles. The Kier molecular flexibility index (Phi) is 4.90. The molecule has 0 bridgehead atoms. The Balaban J connectivity index is 1.74. The second kappa shape index (κ2) is 6.44. The average Bonchev–Trinajstić information content (AvgIpc) is 2.39. The van der Waals surface area contributed by atoms with Gasteiger partial charge in [0.25, 0.3) is 0 Å².